The third-order valence-corrected chi connectivity index (χ3v) is 12.3. The fourth-order valence-electron chi connectivity index (χ4n) is 8.23. The van der Waals surface area contributed by atoms with Crippen LogP contribution in [0, 0.1) is 11.8 Å². The Balaban J connectivity index is 2.83. The summed E-state index contributed by atoms with van der Waals surface area (Å²) in [6.45, 7) is 10.2. The third kappa shape index (κ3) is 34.3. The number of unbranched alkanes of at least 4 members (excludes halogenated alkanes) is 20. The molecular weight excluding hydrogens is 859 g/mol. The molecule has 0 aromatic carbocycles. The number of hydrogen-bond donors (Lipinski definition) is 0. The minimum Gasteiger partial charge on any atom is -0.466 e. The second kappa shape index (κ2) is 41.3. The van der Waals surface area contributed by atoms with Gasteiger partial charge in [-0.25, -0.2) is 0 Å². The highest BCUT2D eigenvalue weighted by Gasteiger charge is 2.37. The Labute approximate surface area is 404 Å². The van der Waals surface area contributed by atoms with Gasteiger partial charge in [0.25, 0.3) is 0 Å². The van der Waals surface area contributed by atoms with Crippen LogP contribution in [0.2, 0.25) is 0 Å². The van der Waals surface area contributed by atoms with E-state index in [0.717, 1.165) is 116 Å². The summed E-state index contributed by atoms with van der Waals surface area (Å²) >= 11 is 0. The van der Waals surface area contributed by atoms with Gasteiger partial charge < -0.3 is 33.3 Å². The molecule has 1 aliphatic rings. The molecule has 4 unspecified atom stereocenters. The highest BCUT2D eigenvalue weighted by atomic mass is 16.6. The van der Waals surface area contributed by atoms with Crippen molar-refractivity contribution >= 4 is 41.7 Å². The van der Waals surface area contributed by atoms with Gasteiger partial charge in [-0.05, 0) is 25.7 Å². The van der Waals surface area contributed by atoms with Crippen LogP contribution in [0.3, 0.4) is 0 Å². The summed E-state index contributed by atoms with van der Waals surface area (Å²) in [6, 6.07) is -0.578. The van der Waals surface area contributed by atoms with E-state index in [0.29, 0.717) is 12.8 Å². The van der Waals surface area contributed by atoms with Gasteiger partial charge in [-0.3, -0.25) is 33.6 Å². The van der Waals surface area contributed by atoms with Crippen molar-refractivity contribution in [3.63, 3.8) is 0 Å². The first-order chi connectivity index (χ1) is 32.4. The lowest BCUT2D eigenvalue weighted by molar-refractivity contribution is -0.156. The van der Waals surface area contributed by atoms with E-state index >= 15 is 0 Å². The molecule has 0 aliphatic carbocycles. The summed E-state index contributed by atoms with van der Waals surface area (Å²) in [6.07, 6.45) is 24.2. The van der Waals surface area contributed by atoms with Gasteiger partial charge in [0.05, 0.1) is 64.7 Å². The van der Waals surface area contributed by atoms with Crippen molar-refractivity contribution in [2.45, 2.75) is 246 Å². The van der Waals surface area contributed by atoms with E-state index in [9.17, 15) is 33.6 Å². The minimum absolute atomic E-state index is 0.0864. The quantitative estimate of drug-likeness (QED) is 0.0321. The summed E-state index contributed by atoms with van der Waals surface area (Å²) in [4.78, 5) is 91.7. The molecule has 1 rings (SSSR count). The van der Waals surface area contributed by atoms with Gasteiger partial charge in [0.2, 0.25) is 5.91 Å². The molecule has 1 saturated heterocycles. The van der Waals surface area contributed by atoms with E-state index in [-0.39, 0.29) is 102 Å². The van der Waals surface area contributed by atoms with Gasteiger partial charge in [-0.1, -0.05) is 156 Å². The summed E-state index contributed by atoms with van der Waals surface area (Å²) < 4.78 is 33.5. The fraction of sp³-hybridized carbons (Fsp3) is 0.868. The van der Waals surface area contributed by atoms with E-state index in [1.165, 1.54) is 37.5 Å². The zero-order valence-electron chi connectivity index (χ0n) is 42.7. The van der Waals surface area contributed by atoms with E-state index in [1.807, 2.05) is 0 Å². The standard InChI is InChI=1S/C53H93NO13/c1-6-10-14-18-22-26-30-48(56)64-40-44(34-50(58)62-32-28-24-20-16-12-8-3)36-52(60)66-42-46-38-47(39-54(46)43(5)55)67-53(61)37-45(35-51(59)63-33-29-25-21-17-13-9-4)41-65-49(57)31-27-23-19-15-11-7-2/h44-47H,6-42H2,1-5H3. The molecule has 0 bridgehead atoms. The average molecular weight is 952 g/mol. The first-order valence-corrected chi connectivity index (χ1v) is 26.7. The van der Waals surface area contributed by atoms with Gasteiger partial charge in [-0.15, -0.1) is 0 Å². The topological polar surface area (TPSA) is 178 Å². The predicted octanol–water partition coefficient (Wildman–Crippen LogP) is 11.2. The van der Waals surface area contributed by atoms with Gasteiger partial charge in [0.1, 0.15) is 12.7 Å². The largest absolute Gasteiger partial charge is 0.466 e. The molecular formula is C53H93NO13. The highest BCUT2D eigenvalue weighted by Crippen LogP contribution is 2.24. The van der Waals surface area contributed by atoms with Crippen LogP contribution in [-0.2, 0) is 62.0 Å². The van der Waals surface area contributed by atoms with Gasteiger partial charge in [0, 0.05) is 38.0 Å². The average Bonchev–Trinajstić information content (AvgIpc) is 3.70. The molecule has 1 aliphatic heterocycles. The Morgan fingerprint density at radius 1 is 0.433 bits per heavy atom. The third-order valence-electron chi connectivity index (χ3n) is 12.3. The SMILES string of the molecule is CCCCCCCCOC(=O)CC(COC(=O)CCCCCCCC)CC(=O)OCC1CC(OC(=O)CC(COC(=O)CCCCCCCC)CC(=O)OCCCCCCCC)CN1C(C)=O. The maximum Gasteiger partial charge on any atom is 0.306 e. The van der Waals surface area contributed by atoms with E-state index in [4.69, 9.17) is 28.4 Å². The van der Waals surface area contributed by atoms with Crippen LogP contribution >= 0.6 is 0 Å². The summed E-state index contributed by atoms with van der Waals surface area (Å²) in [7, 11) is 0. The summed E-state index contributed by atoms with van der Waals surface area (Å²) in [5, 5.41) is 0. The number of amides is 1. The Morgan fingerprint density at radius 2 is 0.791 bits per heavy atom. The fourth-order valence-corrected chi connectivity index (χ4v) is 8.23. The van der Waals surface area contributed by atoms with Crippen molar-refractivity contribution in [2.75, 3.05) is 39.6 Å². The molecule has 0 radical (unpaired) electrons. The molecule has 0 aromatic heterocycles. The van der Waals surface area contributed by atoms with Gasteiger partial charge in [0.15, 0.2) is 0 Å². The minimum atomic E-state index is -0.698. The molecule has 4 atom stereocenters. The Hall–Kier alpha value is -3.71. The first kappa shape index (κ1) is 61.3. The number of hydrogen-bond acceptors (Lipinski definition) is 13. The van der Waals surface area contributed by atoms with Crippen LogP contribution in [0.15, 0.2) is 0 Å². The van der Waals surface area contributed by atoms with Gasteiger partial charge in [-0.2, -0.15) is 0 Å². The molecule has 388 valence electrons. The molecule has 0 saturated carbocycles. The second-order valence-electron chi connectivity index (χ2n) is 18.8. The Kier molecular flexibility index (Phi) is 37.8. The van der Waals surface area contributed by atoms with Crippen LogP contribution in [0.5, 0.6) is 0 Å². The maximum absolute atomic E-state index is 13.4. The highest BCUT2D eigenvalue weighted by molar-refractivity contribution is 5.76. The molecule has 14 nitrogen and oxygen atoms in total. The number of carbonyl (C=O) groups excluding carboxylic acids is 7. The van der Waals surface area contributed by atoms with Gasteiger partial charge >= 0.3 is 35.8 Å². The lowest BCUT2D eigenvalue weighted by atomic mass is 10.0. The first-order valence-electron chi connectivity index (χ1n) is 26.7. The van der Waals surface area contributed by atoms with Crippen LogP contribution in [0.25, 0.3) is 0 Å². The van der Waals surface area contributed by atoms with Crippen molar-refractivity contribution < 1.29 is 62.0 Å². The maximum atomic E-state index is 13.4. The van der Waals surface area contributed by atoms with Crippen LogP contribution in [0.4, 0.5) is 0 Å². The molecule has 14 heteroatoms. The molecule has 1 heterocycles. The van der Waals surface area contributed by atoms with Crippen LogP contribution < -0.4 is 0 Å². The number of carbonyl (C=O) groups is 7. The summed E-state index contributed by atoms with van der Waals surface area (Å²) in [5.74, 6) is -4.53. The van der Waals surface area contributed by atoms with E-state index < -0.39 is 47.9 Å². The van der Waals surface area contributed by atoms with Crippen LogP contribution in [0.1, 0.15) is 234 Å². The van der Waals surface area contributed by atoms with Crippen molar-refractivity contribution in [3.8, 4) is 0 Å². The lowest BCUT2D eigenvalue weighted by Crippen LogP contribution is -2.37. The number of nitrogens with zero attached hydrogens (tertiary/aromatic N) is 1. The molecule has 0 aromatic rings. The van der Waals surface area contributed by atoms with Crippen molar-refractivity contribution in [3.05, 3.63) is 0 Å². The van der Waals surface area contributed by atoms with Crippen molar-refractivity contribution in [1.82, 2.24) is 4.90 Å². The predicted molar refractivity (Wildman–Crippen MR) is 259 cm³/mol. The molecule has 1 fully saturated rings. The molecule has 0 N–H and O–H groups in total. The smallest absolute Gasteiger partial charge is 0.306 e. The number of esters is 6. The van der Waals surface area contributed by atoms with E-state index in [1.54, 1.807) is 0 Å². The lowest BCUT2D eigenvalue weighted by Gasteiger charge is -2.23. The zero-order valence-corrected chi connectivity index (χ0v) is 42.7. The molecule has 1 amide bonds. The Bertz CT molecular complexity index is 1360. The monoisotopic (exact) mass is 952 g/mol. The van der Waals surface area contributed by atoms with E-state index in [2.05, 4.69) is 27.7 Å². The Morgan fingerprint density at radius 3 is 1.19 bits per heavy atom. The van der Waals surface area contributed by atoms with Crippen molar-refractivity contribution in [1.29, 1.82) is 0 Å². The molecule has 67 heavy (non-hydrogen) atoms. The zero-order chi connectivity index (χ0) is 49.3. The second-order valence-corrected chi connectivity index (χ2v) is 18.8. The van der Waals surface area contributed by atoms with Crippen LogP contribution in [-0.4, -0.2) is 98.3 Å². The van der Waals surface area contributed by atoms with Crippen molar-refractivity contribution in [2.24, 2.45) is 11.8 Å². The number of ether oxygens (including phenoxy) is 6. The summed E-state index contributed by atoms with van der Waals surface area (Å²) in [5.41, 5.74) is 0. The normalized spacial score (nSPS) is 15.4. The number of rotatable bonds is 43. The molecule has 0 spiro atoms. The number of likely N-dealkylation sites (tertiary alicyclic amines) is 1.